The van der Waals surface area contributed by atoms with Gasteiger partial charge in [0.25, 0.3) is 0 Å². The fourth-order valence-electron chi connectivity index (χ4n) is 2.78. The van der Waals surface area contributed by atoms with Crippen molar-refractivity contribution >= 4 is 30.2 Å². The van der Waals surface area contributed by atoms with Gasteiger partial charge in [-0.2, -0.15) is 0 Å². The molecular weight excluding hydrogens is 376 g/mol. The normalized spacial score (nSPS) is 17.6. The Balaban J connectivity index is 1.85. The Labute approximate surface area is 171 Å². The van der Waals surface area contributed by atoms with Gasteiger partial charge >= 0.3 is 7.12 Å². The highest BCUT2D eigenvalue weighted by atomic mass is 32.2. The molecule has 4 nitrogen and oxygen atoms in total. The summed E-state index contributed by atoms with van der Waals surface area (Å²) < 4.78 is 35.0. The van der Waals surface area contributed by atoms with Crippen molar-refractivity contribution in [1.82, 2.24) is 0 Å². The lowest BCUT2D eigenvalue weighted by Crippen LogP contribution is -2.41. The maximum atomic E-state index is 13.2. The van der Waals surface area contributed by atoms with Crippen LogP contribution in [0, 0.1) is 5.82 Å². The molecule has 0 bridgehead atoms. The van der Waals surface area contributed by atoms with Gasteiger partial charge in [0.05, 0.1) is 11.2 Å². The maximum absolute atomic E-state index is 13.2. The Hall–Kier alpha value is -1.70. The summed E-state index contributed by atoms with van der Waals surface area (Å²) in [6.45, 7) is 10.5. The van der Waals surface area contributed by atoms with Crippen molar-refractivity contribution in [3.05, 3.63) is 53.8 Å². The van der Waals surface area contributed by atoms with Gasteiger partial charge in [0.15, 0.2) is 0 Å². The lowest BCUT2D eigenvalue weighted by molar-refractivity contribution is 0.00578. The molecule has 150 valence electrons. The van der Waals surface area contributed by atoms with E-state index in [1.165, 1.54) is 12.1 Å². The first kappa shape index (κ1) is 21.0. The Bertz CT molecular complexity index is 798. The van der Waals surface area contributed by atoms with E-state index >= 15 is 0 Å². The van der Waals surface area contributed by atoms with Gasteiger partial charge in [-0.05, 0) is 51.5 Å². The van der Waals surface area contributed by atoms with Crippen molar-refractivity contribution in [2.45, 2.75) is 52.4 Å². The minimum Gasteiger partial charge on any atom is -0.489 e. The van der Waals surface area contributed by atoms with Gasteiger partial charge in [0.1, 0.15) is 18.2 Å². The van der Waals surface area contributed by atoms with Crippen molar-refractivity contribution in [3.63, 3.8) is 0 Å². The van der Waals surface area contributed by atoms with E-state index in [0.29, 0.717) is 12.4 Å². The summed E-state index contributed by atoms with van der Waals surface area (Å²) in [6, 6.07) is 12.2. The number of ether oxygens (including phenoxy) is 1. The second kappa shape index (κ2) is 8.35. The van der Waals surface area contributed by atoms with Gasteiger partial charge in [0.2, 0.25) is 0 Å². The van der Waals surface area contributed by atoms with Gasteiger partial charge in [-0.25, -0.2) is 4.39 Å². The number of rotatable bonds is 7. The average Bonchev–Trinajstić information content (AvgIpc) is 2.87. The molecule has 1 aliphatic heterocycles. The van der Waals surface area contributed by atoms with E-state index in [-0.39, 0.29) is 5.82 Å². The first-order valence-electron chi connectivity index (χ1n) is 9.46. The first-order valence-corrected chi connectivity index (χ1v) is 10.4. The Kier molecular flexibility index (Phi) is 6.27. The Morgan fingerprint density at radius 1 is 1.04 bits per heavy atom. The molecular formula is C21H27BFNO3S. The number of hydrogen-bond acceptors (Lipinski definition) is 5. The average molecular weight is 403 g/mol. The van der Waals surface area contributed by atoms with Crippen molar-refractivity contribution in [2.75, 3.05) is 10.5 Å². The zero-order valence-electron chi connectivity index (χ0n) is 17.0. The summed E-state index contributed by atoms with van der Waals surface area (Å²) in [7, 11) is -0.513. The summed E-state index contributed by atoms with van der Waals surface area (Å²) in [6.07, 6.45) is 0. The zero-order chi connectivity index (χ0) is 20.4. The van der Waals surface area contributed by atoms with E-state index in [2.05, 4.69) is 11.6 Å². The first-order chi connectivity index (χ1) is 13.2. The molecule has 28 heavy (non-hydrogen) atoms. The van der Waals surface area contributed by atoms with Crippen LogP contribution in [-0.2, 0) is 15.9 Å². The molecule has 1 fully saturated rings. The number of nitrogens with one attached hydrogen (secondary N) is 1. The van der Waals surface area contributed by atoms with E-state index in [0.717, 1.165) is 22.5 Å². The molecule has 1 N–H and O–H groups in total. The van der Waals surface area contributed by atoms with Crippen LogP contribution in [0.4, 0.5) is 10.1 Å². The minimum absolute atomic E-state index is 0.260. The predicted molar refractivity (Wildman–Crippen MR) is 115 cm³/mol. The van der Waals surface area contributed by atoms with Gasteiger partial charge in [-0.1, -0.05) is 37.1 Å². The highest BCUT2D eigenvalue weighted by Crippen LogP contribution is 2.37. The fourth-order valence-corrected chi connectivity index (χ4v) is 3.22. The summed E-state index contributed by atoms with van der Waals surface area (Å²) in [5.41, 5.74) is 1.82. The molecule has 1 heterocycles. The standard InChI is InChI=1S/C21H27BFNO3S/c1-6-28-24-17-11-12-18(22-26-20(2,3)21(4,5)27-22)19(13-17)25-14-15-7-9-16(23)10-8-15/h7-13,24H,6,14H2,1-5H3. The Morgan fingerprint density at radius 2 is 1.68 bits per heavy atom. The molecule has 2 aromatic carbocycles. The zero-order valence-corrected chi connectivity index (χ0v) is 17.9. The van der Waals surface area contributed by atoms with E-state index in [1.54, 1.807) is 24.1 Å². The molecule has 0 spiro atoms. The highest BCUT2D eigenvalue weighted by molar-refractivity contribution is 8.00. The fraction of sp³-hybridized carbons (Fsp3) is 0.429. The molecule has 2 aromatic rings. The van der Waals surface area contributed by atoms with Crippen LogP contribution in [-0.4, -0.2) is 24.1 Å². The third kappa shape index (κ3) is 4.65. The van der Waals surface area contributed by atoms with Crippen LogP contribution in [0.2, 0.25) is 0 Å². The van der Waals surface area contributed by atoms with Crippen LogP contribution in [0.15, 0.2) is 42.5 Å². The summed E-state index contributed by atoms with van der Waals surface area (Å²) in [5, 5.41) is 0. The molecule has 1 saturated heterocycles. The van der Waals surface area contributed by atoms with Crippen LogP contribution >= 0.6 is 11.9 Å². The lowest BCUT2D eigenvalue weighted by atomic mass is 9.78. The van der Waals surface area contributed by atoms with Crippen molar-refractivity contribution in [3.8, 4) is 5.75 Å². The van der Waals surface area contributed by atoms with E-state index in [9.17, 15) is 4.39 Å². The minimum atomic E-state index is -0.513. The largest absolute Gasteiger partial charge is 0.498 e. The highest BCUT2D eigenvalue weighted by Gasteiger charge is 2.52. The van der Waals surface area contributed by atoms with E-state index < -0.39 is 18.3 Å². The monoisotopic (exact) mass is 403 g/mol. The van der Waals surface area contributed by atoms with Crippen LogP contribution < -0.4 is 14.9 Å². The molecule has 0 unspecified atom stereocenters. The molecule has 0 aromatic heterocycles. The van der Waals surface area contributed by atoms with Gasteiger partial charge in [-0.15, -0.1) is 0 Å². The van der Waals surface area contributed by atoms with Gasteiger partial charge in [0, 0.05) is 23.0 Å². The molecule has 1 aliphatic rings. The van der Waals surface area contributed by atoms with Gasteiger partial charge in [-0.3, -0.25) is 0 Å². The maximum Gasteiger partial charge on any atom is 0.498 e. The molecule has 7 heteroatoms. The van der Waals surface area contributed by atoms with Crippen LogP contribution in [0.25, 0.3) is 0 Å². The number of hydrogen-bond donors (Lipinski definition) is 1. The smallest absolute Gasteiger partial charge is 0.489 e. The second-order valence-electron chi connectivity index (χ2n) is 7.79. The van der Waals surface area contributed by atoms with E-state index in [4.69, 9.17) is 14.0 Å². The van der Waals surface area contributed by atoms with Gasteiger partial charge < -0.3 is 18.8 Å². The summed E-state index contributed by atoms with van der Waals surface area (Å²) in [5.74, 6) is 1.37. The second-order valence-corrected chi connectivity index (χ2v) is 8.86. The third-order valence-electron chi connectivity index (χ3n) is 5.16. The van der Waals surface area contributed by atoms with Crippen molar-refractivity contribution < 1.29 is 18.4 Å². The quantitative estimate of drug-likeness (QED) is 0.532. The van der Waals surface area contributed by atoms with Crippen LogP contribution in [0.3, 0.4) is 0 Å². The number of benzene rings is 2. The lowest BCUT2D eigenvalue weighted by Gasteiger charge is -2.32. The topological polar surface area (TPSA) is 39.7 Å². The van der Waals surface area contributed by atoms with Crippen molar-refractivity contribution in [1.29, 1.82) is 0 Å². The molecule has 3 rings (SSSR count). The van der Waals surface area contributed by atoms with Crippen molar-refractivity contribution in [2.24, 2.45) is 0 Å². The predicted octanol–water partition coefficient (Wildman–Crippen LogP) is 4.78. The molecule has 0 radical (unpaired) electrons. The molecule has 0 atom stereocenters. The summed E-state index contributed by atoms with van der Waals surface area (Å²) >= 11 is 1.61. The van der Waals surface area contributed by atoms with Crippen LogP contribution in [0.5, 0.6) is 5.75 Å². The molecule has 0 amide bonds. The van der Waals surface area contributed by atoms with Crippen LogP contribution in [0.1, 0.15) is 40.2 Å². The van der Waals surface area contributed by atoms with E-state index in [1.807, 2.05) is 45.9 Å². The number of halogens is 1. The Morgan fingerprint density at radius 3 is 2.29 bits per heavy atom. The third-order valence-corrected chi connectivity index (χ3v) is 5.83. The summed E-state index contributed by atoms with van der Waals surface area (Å²) in [4.78, 5) is 0. The SMILES string of the molecule is CCSNc1ccc(B2OC(C)(C)C(C)(C)O2)c(OCc2ccc(F)cc2)c1. The molecule has 0 saturated carbocycles. The molecule has 0 aliphatic carbocycles. The number of anilines is 1.